The van der Waals surface area contributed by atoms with Gasteiger partial charge in [0.2, 0.25) is 0 Å². The minimum absolute atomic E-state index is 0.0255. The molecule has 3 nitrogen and oxygen atoms in total. The normalized spacial score (nSPS) is 26.7. The first-order valence-electron chi connectivity index (χ1n) is 2.19. The first-order valence-corrected chi connectivity index (χ1v) is 2.19. The fourth-order valence-electron chi connectivity index (χ4n) is 0.332. The van der Waals surface area contributed by atoms with Crippen LogP contribution in [-0.4, -0.2) is 18.7 Å². The van der Waals surface area contributed by atoms with E-state index in [9.17, 15) is 4.79 Å². The molecule has 0 aromatic heterocycles. The minimum Gasteiger partial charge on any atom is -0.445 e. The molecule has 7 heavy (non-hydrogen) atoms. The smallest absolute Gasteiger partial charge is 0.304 e. The van der Waals surface area contributed by atoms with Crippen LogP contribution in [0.4, 0.5) is 0 Å². The molecule has 0 saturated carbocycles. The molecule has 0 spiro atoms. The summed E-state index contributed by atoms with van der Waals surface area (Å²) >= 11 is 0. The van der Waals surface area contributed by atoms with Crippen molar-refractivity contribution < 1.29 is 9.53 Å². The highest BCUT2D eigenvalue weighted by molar-refractivity contribution is 5.66. The van der Waals surface area contributed by atoms with E-state index in [-0.39, 0.29) is 12.2 Å². The van der Waals surface area contributed by atoms with Gasteiger partial charge in [-0.2, -0.15) is 0 Å². The Morgan fingerprint density at radius 2 is 2.57 bits per heavy atom. The zero-order valence-electron chi connectivity index (χ0n) is 4.10. The Balaban J connectivity index is 2.08. The van der Waals surface area contributed by atoms with Gasteiger partial charge in [-0.25, -0.2) is 0 Å². The van der Waals surface area contributed by atoms with Gasteiger partial charge >= 0.3 is 5.97 Å². The molecule has 0 aliphatic carbocycles. The van der Waals surface area contributed by atoms with Gasteiger partial charge in [0, 0.05) is 13.5 Å². The van der Waals surface area contributed by atoms with Crippen LogP contribution < -0.4 is 5.32 Å². The maximum atomic E-state index is 10.0. The van der Waals surface area contributed by atoms with E-state index >= 15 is 0 Å². The van der Waals surface area contributed by atoms with Crippen LogP contribution in [-0.2, 0) is 9.53 Å². The third-order valence-corrected chi connectivity index (χ3v) is 0.679. The number of esters is 1. The Labute approximate surface area is 41.7 Å². The highest BCUT2D eigenvalue weighted by atomic mass is 16.6. The number of ether oxygens (including phenoxy) is 1. The van der Waals surface area contributed by atoms with Crippen LogP contribution in [0.5, 0.6) is 0 Å². The maximum absolute atomic E-state index is 10.0. The van der Waals surface area contributed by atoms with Crippen LogP contribution in [0.15, 0.2) is 0 Å². The van der Waals surface area contributed by atoms with Gasteiger partial charge in [-0.15, -0.1) is 0 Å². The van der Waals surface area contributed by atoms with Gasteiger partial charge in [-0.3, -0.25) is 10.1 Å². The van der Waals surface area contributed by atoms with Crippen molar-refractivity contribution in [1.82, 2.24) is 5.32 Å². The topological polar surface area (TPSA) is 48.2 Å². The van der Waals surface area contributed by atoms with Crippen molar-refractivity contribution in [2.45, 2.75) is 13.2 Å². The van der Waals surface area contributed by atoms with Crippen molar-refractivity contribution in [3.8, 4) is 0 Å². The van der Waals surface area contributed by atoms with Gasteiger partial charge in [0.25, 0.3) is 0 Å². The molecule has 3 heteroatoms. The number of carbonyl (C=O) groups excluding carboxylic acids is 1. The number of hydrogen-bond donors (Lipinski definition) is 1. The van der Waals surface area contributed by atoms with Crippen molar-refractivity contribution in [1.29, 1.82) is 0 Å². The van der Waals surface area contributed by atoms with Crippen LogP contribution >= 0.6 is 0 Å². The molecule has 1 heterocycles. The maximum Gasteiger partial charge on any atom is 0.304 e. The van der Waals surface area contributed by atoms with Gasteiger partial charge in [0.05, 0.1) is 0 Å². The van der Waals surface area contributed by atoms with Crippen LogP contribution in [0.25, 0.3) is 0 Å². The summed E-state index contributed by atoms with van der Waals surface area (Å²) in [5.74, 6) is -0.213. The summed E-state index contributed by atoms with van der Waals surface area (Å²) in [6, 6.07) is 0. The van der Waals surface area contributed by atoms with E-state index in [0.717, 1.165) is 6.54 Å². The second kappa shape index (κ2) is 1.50. The molecular weight excluding hydrogens is 94.0 g/mol. The summed E-state index contributed by atoms with van der Waals surface area (Å²) < 4.78 is 4.61. The SMILES string of the molecule is CC(=O)O[C@@H]1CN1. The molecule has 0 unspecified atom stereocenters. The van der Waals surface area contributed by atoms with Gasteiger partial charge < -0.3 is 4.74 Å². The molecule has 1 aliphatic heterocycles. The lowest BCUT2D eigenvalue weighted by atomic mass is 10.8. The Bertz CT molecular complexity index is 87.7. The molecule has 1 fully saturated rings. The molecule has 1 aliphatic rings. The lowest BCUT2D eigenvalue weighted by molar-refractivity contribution is -0.142. The van der Waals surface area contributed by atoms with Crippen LogP contribution in [0, 0.1) is 0 Å². The van der Waals surface area contributed by atoms with E-state index < -0.39 is 0 Å². The van der Waals surface area contributed by atoms with Crippen LogP contribution in [0.2, 0.25) is 0 Å². The largest absolute Gasteiger partial charge is 0.445 e. The predicted molar refractivity (Wildman–Crippen MR) is 23.6 cm³/mol. The molecule has 1 rings (SSSR count). The fraction of sp³-hybridized carbons (Fsp3) is 0.750. The van der Waals surface area contributed by atoms with Crippen molar-refractivity contribution in [3.05, 3.63) is 0 Å². The Kier molecular flexibility index (Phi) is 0.982. The first kappa shape index (κ1) is 4.59. The van der Waals surface area contributed by atoms with Crippen molar-refractivity contribution >= 4 is 5.97 Å². The molecule has 40 valence electrons. The lowest BCUT2D eigenvalue weighted by Gasteiger charge is -1.91. The standard InChI is InChI=1S/C4H7NO2/c1-3(6)7-4-2-5-4/h4-5H,2H2,1H3/t4-/m1/s1. The molecule has 0 radical (unpaired) electrons. The monoisotopic (exact) mass is 101 g/mol. The second-order valence-corrected chi connectivity index (χ2v) is 1.51. The summed E-state index contributed by atoms with van der Waals surface area (Å²) in [5.41, 5.74) is 0. The van der Waals surface area contributed by atoms with E-state index in [2.05, 4.69) is 10.1 Å². The highest BCUT2D eigenvalue weighted by Gasteiger charge is 2.22. The van der Waals surface area contributed by atoms with E-state index in [1.165, 1.54) is 6.92 Å². The number of nitrogens with one attached hydrogen (secondary N) is 1. The number of rotatable bonds is 1. The van der Waals surface area contributed by atoms with Crippen LogP contribution in [0.3, 0.4) is 0 Å². The van der Waals surface area contributed by atoms with Crippen molar-refractivity contribution in [2.24, 2.45) is 0 Å². The number of carbonyl (C=O) groups is 1. The lowest BCUT2D eigenvalue weighted by Crippen LogP contribution is -2.03. The van der Waals surface area contributed by atoms with E-state index in [0.29, 0.717) is 0 Å². The molecular formula is C4H7NO2. The average molecular weight is 101 g/mol. The van der Waals surface area contributed by atoms with Gasteiger partial charge in [-0.1, -0.05) is 0 Å². The van der Waals surface area contributed by atoms with Gasteiger partial charge in [0.1, 0.15) is 0 Å². The van der Waals surface area contributed by atoms with E-state index in [1.54, 1.807) is 0 Å². The molecule has 0 amide bonds. The third kappa shape index (κ3) is 1.55. The van der Waals surface area contributed by atoms with E-state index in [4.69, 9.17) is 0 Å². The second-order valence-electron chi connectivity index (χ2n) is 1.51. The number of hydrogen-bond acceptors (Lipinski definition) is 3. The molecule has 1 saturated heterocycles. The van der Waals surface area contributed by atoms with Crippen molar-refractivity contribution in [3.63, 3.8) is 0 Å². The minimum atomic E-state index is -0.213. The summed E-state index contributed by atoms with van der Waals surface area (Å²) in [6.07, 6.45) is 0.0255. The Morgan fingerprint density at radius 3 is 2.71 bits per heavy atom. The van der Waals surface area contributed by atoms with Crippen molar-refractivity contribution in [2.75, 3.05) is 6.54 Å². The third-order valence-electron chi connectivity index (χ3n) is 0.679. The quantitative estimate of drug-likeness (QED) is 0.357. The molecule has 1 atom stereocenters. The Hall–Kier alpha value is -0.570. The predicted octanol–water partition coefficient (Wildman–Crippen LogP) is -0.521. The van der Waals surface area contributed by atoms with Gasteiger partial charge in [0.15, 0.2) is 6.23 Å². The summed E-state index contributed by atoms with van der Waals surface area (Å²) in [5, 5.41) is 2.82. The zero-order chi connectivity index (χ0) is 5.28. The summed E-state index contributed by atoms with van der Waals surface area (Å²) in [6.45, 7) is 2.22. The fourth-order valence-corrected chi connectivity index (χ4v) is 0.332. The van der Waals surface area contributed by atoms with E-state index in [1.807, 2.05) is 0 Å². The zero-order valence-corrected chi connectivity index (χ0v) is 4.10. The Morgan fingerprint density at radius 1 is 2.00 bits per heavy atom. The highest BCUT2D eigenvalue weighted by Crippen LogP contribution is 1.97. The molecule has 0 aromatic rings. The molecule has 1 N–H and O–H groups in total. The molecule has 0 aromatic carbocycles. The average Bonchev–Trinajstić information content (AvgIpc) is 2.17. The van der Waals surface area contributed by atoms with Crippen LogP contribution in [0.1, 0.15) is 6.92 Å². The molecule has 0 bridgehead atoms. The summed E-state index contributed by atoms with van der Waals surface area (Å²) in [7, 11) is 0. The van der Waals surface area contributed by atoms with Gasteiger partial charge in [-0.05, 0) is 0 Å². The first-order chi connectivity index (χ1) is 3.29. The summed E-state index contributed by atoms with van der Waals surface area (Å²) in [4.78, 5) is 10.0.